The van der Waals surface area contributed by atoms with E-state index in [2.05, 4.69) is 16.0 Å². The molecule has 0 spiro atoms. The number of aromatic nitrogens is 2. The van der Waals surface area contributed by atoms with Gasteiger partial charge in [0.1, 0.15) is 5.54 Å². The zero-order valence-corrected chi connectivity index (χ0v) is 14.7. The van der Waals surface area contributed by atoms with Crippen molar-refractivity contribution in [2.75, 3.05) is 13.1 Å². The number of piperidine rings is 1. The number of nitrogens with one attached hydrogen (secondary N) is 1. The fourth-order valence-electron chi connectivity index (χ4n) is 4.80. The van der Waals surface area contributed by atoms with Crippen molar-refractivity contribution in [3.63, 3.8) is 0 Å². The molecule has 1 aliphatic heterocycles. The summed E-state index contributed by atoms with van der Waals surface area (Å²) in [6, 6.07) is 10.8. The van der Waals surface area contributed by atoms with Crippen LogP contribution >= 0.6 is 0 Å². The van der Waals surface area contributed by atoms with Gasteiger partial charge in [0.2, 0.25) is 0 Å². The first-order valence-corrected chi connectivity index (χ1v) is 9.59. The Kier molecular flexibility index (Phi) is 4.39. The van der Waals surface area contributed by atoms with Gasteiger partial charge in [-0.3, -0.25) is 9.47 Å². The number of nitriles is 1. The molecule has 1 N–H and O–H groups in total. The highest BCUT2D eigenvalue weighted by Gasteiger charge is 2.39. The Bertz CT molecular complexity index is 827. The first-order chi connectivity index (χ1) is 12.2. The molecule has 1 aliphatic carbocycles. The molecule has 0 unspecified atom stereocenters. The normalized spacial score (nSPS) is 22.5. The number of H-pyrrole nitrogens is 1. The van der Waals surface area contributed by atoms with Crippen molar-refractivity contribution >= 4 is 11.0 Å². The minimum Gasteiger partial charge on any atom is -0.306 e. The predicted octanol–water partition coefficient (Wildman–Crippen LogP) is 3.58. The van der Waals surface area contributed by atoms with Gasteiger partial charge in [-0.2, -0.15) is 5.26 Å². The molecular weight excluding hydrogens is 312 g/mol. The predicted molar refractivity (Wildman–Crippen MR) is 98.4 cm³/mol. The van der Waals surface area contributed by atoms with Crippen molar-refractivity contribution in [2.24, 2.45) is 0 Å². The van der Waals surface area contributed by atoms with Gasteiger partial charge in [-0.05, 0) is 37.8 Å². The summed E-state index contributed by atoms with van der Waals surface area (Å²) in [6.07, 6.45) is 8.71. The number of hydrogen-bond donors (Lipinski definition) is 1. The number of aromatic amines is 1. The van der Waals surface area contributed by atoms with E-state index in [0.29, 0.717) is 0 Å². The van der Waals surface area contributed by atoms with E-state index in [1.807, 2.05) is 28.8 Å². The molecule has 2 fully saturated rings. The maximum absolute atomic E-state index is 12.4. The summed E-state index contributed by atoms with van der Waals surface area (Å²) in [5, 5.41) is 9.90. The average Bonchev–Trinajstić information content (AvgIpc) is 2.82. The summed E-state index contributed by atoms with van der Waals surface area (Å²) in [5.74, 6) is 0. The molecule has 132 valence electrons. The van der Waals surface area contributed by atoms with Crippen molar-refractivity contribution in [2.45, 2.75) is 62.9 Å². The Morgan fingerprint density at radius 2 is 1.76 bits per heavy atom. The number of para-hydroxylation sites is 2. The molecule has 1 saturated heterocycles. The fraction of sp³-hybridized carbons (Fsp3) is 0.600. The fourth-order valence-corrected chi connectivity index (χ4v) is 4.80. The van der Waals surface area contributed by atoms with Gasteiger partial charge in [0, 0.05) is 19.1 Å². The lowest BCUT2D eigenvalue weighted by atomic mass is 9.87. The van der Waals surface area contributed by atoms with E-state index >= 15 is 0 Å². The molecule has 5 nitrogen and oxygen atoms in total. The van der Waals surface area contributed by atoms with E-state index in [-0.39, 0.29) is 17.3 Å². The van der Waals surface area contributed by atoms with Crippen LogP contribution in [0.4, 0.5) is 0 Å². The third-order valence-corrected chi connectivity index (χ3v) is 6.20. The van der Waals surface area contributed by atoms with Gasteiger partial charge in [-0.15, -0.1) is 0 Å². The van der Waals surface area contributed by atoms with Crippen LogP contribution in [-0.4, -0.2) is 33.1 Å². The molecule has 1 aromatic carbocycles. The third kappa shape index (κ3) is 2.89. The molecule has 0 atom stereocenters. The number of rotatable bonds is 2. The largest absolute Gasteiger partial charge is 0.326 e. The molecule has 25 heavy (non-hydrogen) atoms. The molecular formula is C20H26N4O. The number of fused-ring (bicyclic) bond motifs is 1. The smallest absolute Gasteiger partial charge is 0.306 e. The first kappa shape index (κ1) is 16.4. The minimum atomic E-state index is -0.271. The molecule has 0 radical (unpaired) electrons. The van der Waals surface area contributed by atoms with Gasteiger partial charge in [0.25, 0.3) is 0 Å². The second-order valence-corrected chi connectivity index (χ2v) is 7.59. The molecule has 2 aromatic rings. The second kappa shape index (κ2) is 6.68. The molecule has 1 saturated carbocycles. The van der Waals surface area contributed by atoms with Crippen molar-refractivity contribution < 1.29 is 0 Å². The van der Waals surface area contributed by atoms with E-state index in [1.54, 1.807) is 0 Å². The number of nitrogens with zero attached hydrogens (tertiary/aromatic N) is 3. The standard InChI is InChI=1S/C20H26N4O/c21-15-20(11-5-1-2-6-12-20)23-13-9-16(10-14-23)24-18-8-4-3-7-17(18)22-19(24)25/h3-4,7-8,16H,1-2,5-6,9-14H2,(H,22,25). The Hall–Kier alpha value is -2.06. The van der Waals surface area contributed by atoms with Gasteiger partial charge in [0.05, 0.1) is 17.1 Å². The van der Waals surface area contributed by atoms with Crippen LogP contribution in [0.3, 0.4) is 0 Å². The van der Waals surface area contributed by atoms with Gasteiger partial charge in [0.15, 0.2) is 0 Å². The molecule has 5 heteroatoms. The van der Waals surface area contributed by atoms with Crippen LogP contribution in [0.25, 0.3) is 11.0 Å². The molecule has 2 aliphatic rings. The molecule has 1 aromatic heterocycles. The van der Waals surface area contributed by atoms with E-state index < -0.39 is 0 Å². The molecule has 4 rings (SSSR count). The molecule has 2 heterocycles. The zero-order valence-electron chi connectivity index (χ0n) is 14.7. The SMILES string of the molecule is N#CC1(N2CCC(n3c(=O)[nH]c4ccccc43)CC2)CCCCCC1. The number of hydrogen-bond acceptors (Lipinski definition) is 3. The number of imidazole rings is 1. The summed E-state index contributed by atoms with van der Waals surface area (Å²) in [7, 11) is 0. The van der Waals surface area contributed by atoms with Crippen molar-refractivity contribution in [1.29, 1.82) is 5.26 Å². The Labute approximate surface area is 148 Å². The maximum atomic E-state index is 12.4. The third-order valence-electron chi connectivity index (χ3n) is 6.20. The Morgan fingerprint density at radius 3 is 2.44 bits per heavy atom. The second-order valence-electron chi connectivity index (χ2n) is 7.59. The highest BCUT2D eigenvalue weighted by atomic mass is 16.1. The van der Waals surface area contributed by atoms with Crippen LogP contribution in [0.15, 0.2) is 29.1 Å². The highest BCUT2D eigenvalue weighted by Crippen LogP contribution is 2.36. The van der Waals surface area contributed by atoms with Crippen LogP contribution < -0.4 is 5.69 Å². The van der Waals surface area contributed by atoms with Gasteiger partial charge in [-0.25, -0.2) is 4.79 Å². The summed E-state index contributed by atoms with van der Waals surface area (Å²) in [6.45, 7) is 1.81. The summed E-state index contributed by atoms with van der Waals surface area (Å²) in [5.41, 5.74) is 1.62. The highest BCUT2D eigenvalue weighted by molar-refractivity contribution is 5.75. The summed E-state index contributed by atoms with van der Waals surface area (Å²) >= 11 is 0. The molecule has 0 bridgehead atoms. The lowest BCUT2D eigenvalue weighted by Gasteiger charge is -2.42. The van der Waals surface area contributed by atoms with Crippen LogP contribution in [0.1, 0.15) is 57.4 Å². The van der Waals surface area contributed by atoms with Crippen LogP contribution in [0.5, 0.6) is 0 Å². The topological polar surface area (TPSA) is 64.8 Å². The quantitative estimate of drug-likeness (QED) is 0.851. The van der Waals surface area contributed by atoms with E-state index in [9.17, 15) is 10.1 Å². The van der Waals surface area contributed by atoms with Crippen LogP contribution in [0.2, 0.25) is 0 Å². The maximum Gasteiger partial charge on any atom is 0.326 e. The first-order valence-electron chi connectivity index (χ1n) is 9.59. The van der Waals surface area contributed by atoms with Crippen LogP contribution in [0, 0.1) is 11.3 Å². The zero-order chi connectivity index (χ0) is 17.3. The van der Waals surface area contributed by atoms with Gasteiger partial charge < -0.3 is 4.98 Å². The van der Waals surface area contributed by atoms with E-state index in [0.717, 1.165) is 62.6 Å². The van der Waals surface area contributed by atoms with Crippen molar-refractivity contribution in [1.82, 2.24) is 14.5 Å². The van der Waals surface area contributed by atoms with E-state index in [4.69, 9.17) is 0 Å². The van der Waals surface area contributed by atoms with Crippen LogP contribution in [-0.2, 0) is 0 Å². The lowest BCUT2D eigenvalue weighted by Crippen LogP contribution is -2.51. The van der Waals surface area contributed by atoms with Crippen molar-refractivity contribution in [3.8, 4) is 6.07 Å². The van der Waals surface area contributed by atoms with Crippen molar-refractivity contribution in [3.05, 3.63) is 34.7 Å². The summed E-state index contributed by atoms with van der Waals surface area (Å²) in [4.78, 5) is 17.8. The van der Waals surface area contributed by atoms with Gasteiger partial charge in [-0.1, -0.05) is 37.8 Å². The minimum absolute atomic E-state index is 0.0101. The van der Waals surface area contributed by atoms with E-state index in [1.165, 1.54) is 12.8 Å². The number of likely N-dealkylation sites (tertiary alicyclic amines) is 1. The lowest BCUT2D eigenvalue weighted by molar-refractivity contribution is 0.0783. The monoisotopic (exact) mass is 338 g/mol. The summed E-state index contributed by atoms with van der Waals surface area (Å²) < 4.78 is 1.93. The average molecular weight is 338 g/mol. The van der Waals surface area contributed by atoms with Gasteiger partial charge >= 0.3 is 5.69 Å². The molecule has 0 amide bonds. The Morgan fingerprint density at radius 1 is 1.08 bits per heavy atom. The number of benzene rings is 1. The Balaban J connectivity index is 1.54.